The number of ether oxygens (including phenoxy) is 2. The molecule has 2 nitrogen and oxygen atoms in total. The Labute approximate surface area is 236 Å². The van der Waals surface area contributed by atoms with E-state index in [0.717, 1.165) is 68.3 Å². The zero-order chi connectivity index (χ0) is 27.2. The predicted molar refractivity (Wildman–Crippen MR) is 155 cm³/mol. The highest BCUT2D eigenvalue weighted by atomic mass is 19.2. The number of hydrogen-bond donors (Lipinski definition) is 0. The van der Waals surface area contributed by atoms with E-state index in [-0.39, 0.29) is 11.7 Å². The minimum atomic E-state index is -0.806. The van der Waals surface area contributed by atoms with Gasteiger partial charge in [-0.3, -0.25) is 0 Å². The van der Waals surface area contributed by atoms with Gasteiger partial charge in [0.25, 0.3) is 0 Å². The molecule has 1 heterocycles. The summed E-state index contributed by atoms with van der Waals surface area (Å²) < 4.78 is 41.1. The van der Waals surface area contributed by atoms with Gasteiger partial charge >= 0.3 is 0 Å². The van der Waals surface area contributed by atoms with E-state index in [9.17, 15) is 8.78 Å². The summed E-state index contributed by atoms with van der Waals surface area (Å²) in [6.45, 7) is 5.42. The summed E-state index contributed by atoms with van der Waals surface area (Å²) in [5, 5.41) is 0. The van der Waals surface area contributed by atoms with Crippen LogP contribution < -0.4 is 4.74 Å². The van der Waals surface area contributed by atoms with Gasteiger partial charge in [-0.2, -0.15) is 4.39 Å². The van der Waals surface area contributed by atoms with Gasteiger partial charge in [0.05, 0.1) is 19.3 Å². The molecule has 0 N–H and O–H groups in total. The van der Waals surface area contributed by atoms with Crippen LogP contribution in [-0.4, -0.2) is 19.3 Å². The van der Waals surface area contributed by atoms with Gasteiger partial charge in [-0.25, -0.2) is 4.39 Å². The fourth-order valence-electron chi connectivity index (χ4n) is 8.75. The lowest BCUT2D eigenvalue weighted by Gasteiger charge is -2.43. The maximum Gasteiger partial charge on any atom is 0.200 e. The van der Waals surface area contributed by atoms with E-state index < -0.39 is 11.6 Å². The largest absolute Gasteiger partial charge is 0.490 e. The first-order valence-corrected chi connectivity index (χ1v) is 16.4. The zero-order valence-electron chi connectivity index (χ0n) is 24.5. The highest BCUT2D eigenvalue weighted by molar-refractivity contribution is 5.33. The third kappa shape index (κ3) is 7.08. The molecule has 2 atom stereocenters. The number of allylic oxidation sites excluding steroid dienone is 1. The van der Waals surface area contributed by atoms with Crippen molar-refractivity contribution in [2.45, 2.75) is 122 Å². The monoisotopic (exact) mass is 542 g/mol. The first-order chi connectivity index (χ1) is 19.1. The molecule has 1 aromatic rings. The molecular formula is C35H52F2O2. The first-order valence-electron chi connectivity index (χ1n) is 16.4. The second-order valence-electron chi connectivity index (χ2n) is 13.3. The van der Waals surface area contributed by atoms with Crippen molar-refractivity contribution in [1.29, 1.82) is 0 Å². The molecule has 0 aromatic heterocycles. The molecule has 3 saturated carbocycles. The summed E-state index contributed by atoms with van der Waals surface area (Å²) in [7, 11) is 0. The lowest BCUT2D eigenvalue weighted by atomic mass is 9.64. The molecule has 5 rings (SSSR count). The summed E-state index contributed by atoms with van der Waals surface area (Å²) in [5.74, 6) is 3.59. The van der Waals surface area contributed by atoms with Crippen LogP contribution in [-0.2, 0) is 4.74 Å². The zero-order valence-corrected chi connectivity index (χ0v) is 24.5. The molecule has 39 heavy (non-hydrogen) atoms. The van der Waals surface area contributed by atoms with Gasteiger partial charge in [-0.15, -0.1) is 0 Å². The summed E-state index contributed by atoms with van der Waals surface area (Å²) >= 11 is 0. The standard InChI is InChI=1S/C35H52F2O2/c1-3-5-24-6-20-32(39-23-24)30-17-13-28(14-18-30)26-9-7-25(8-10-26)27-11-15-29(16-12-27)31-19-21-33(38-22-4-2)35(37)34(31)36/h3,5,19,21,24-30,32H,4,6-18,20,22-23H2,1-2H3. The van der Waals surface area contributed by atoms with Crippen molar-refractivity contribution in [2.24, 2.45) is 35.5 Å². The van der Waals surface area contributed by atoms with Crippen LogP contribution in [0.2, 0.25) is 0 Å². The third-order valence-corrected chi connectivity index (χ3v) is 11.1. The Hall–Kier alpha value is -1.42. The van der Waals surface area contributed by atoms with Crippen LogP contribution in [0.1, 0.15) is 122 Å². The lowest BCUT2D eigenvalue weighted by Crippen LogP contribution is -2.35. The average Bonchev–Trinajstić information content (AvgIpc) is 2.99. The van der Waals surface area contributed by atoms with Crippen LogP contribution in [0.5, 0.6) is 5.75 Å². The molecule has 0 amide bonds. The third-order valence-electron chi connectivity index (χ3n) is 11.1. The van der Waals surface area contributed by atoms with Crippen molar-refractivity contribution >= 4 is 0 Å². The van der Waals surface area contributed by atoms with Crippen LogP contribution in [0.25, 0.3) is 0 Å². The van der Waals surface area contributed by atoms with Crippen LogP contribution >= 0.6 is 0 Å². The Balaban J connectivity index is 1.03. The van der Waals surface area contributed by atoms with Crippen LogP contribution in [0, 0.1) is 47.1 Å². The Kier molecular flexibility index (Phi) is 10.4. The van der Waals surface area contributed by atoms with Crippen LogP contribution in [0.3, 0.4) is 0 Å². The molecule has 0 spiro atoms. The summed E-state index contributed by atoms with van der Waals surface area (Å²) in [6.07, 6.45) is 23.8. The Morgan fingerprint density at radius 3 is 1.82 bits per heavy atom. The summed E-state index contributed by atoms with van der Waals surface area (Å²) in [4.78, 5) is 0. The first kappa shape index (κ1) is 29.1. The van der Waals surface area contributed by atoms with Gasteiger partial charge in [0.15, 0.2) is 11.6 Å². The topological polar surface area (TPSA) is 18.5 Å². The smallest absolute Gasteiger partial charge is 0.200 e. The highest BCUT2D eigenvalue weighted by Gasteiger charge is 2.37. The summed E-state index contributed by atoms with van der Waals surface area (Å²) in [5.41, 5.74) is 0.561. The maximum atomic E-state index is 14.9. The SMILES string of the molecule is CC=CC1CCC(C2CCC(C3CCC(C4CCC(c5ccc(OCCC)c(F)c5F)CC4)CC3)CC2)OC1. The van der Waals surface area contributed by atoms with Crippen LogP contribution in [0.15, 0.2) is 24.3 Å². The van der Waals surface area contributed by atoms with Crippen molar-refractivity contribution in [1.82, 2.24) is 0 Å². The average molecular weight is 543 g/mol. The number of benzene rings is 1. The Morgan fingerprint density at radius 1 is 0.744 bits per heavy atom. The van der Waals surface area contributed by atoms with E-state index in [0.29, 0.717) is 24.2 Å². The van der Waals surface area contributed by atoms with Gasteiger partial charge in [0.2, 0.25) is 5.82 Å². The fourth-order valence-corrected chi connectivity index (χ4v) is 8.75. The molecule has 4 fully saturated rings. The van der Waals surface area contributed by atoms with E-state index in [2.05, 4.69) is 19.1 Å². The van der Waals surface area contributed by atoms with E-state index in [4.69, 9.17) is 9.47 Å². The molecule has 2 unspecified atom stereocenters. The minimum Gasteiger partial charge on any atom is -0.490 e. The fraction of sp³-hybridized carbons (Fsp3) is 0.771. The maximum absolute atomic E-state index is 14.9. The molecule has 4 heteroatoms. The van der Waals surface area contributed by atoms with Gasteiger partial charge in [0, 0.05) is 5.92 Å². The van der Waals surface area contributed by atoms with Crippen molar-refractivity contribution in [2.75, 3.05) is 13.2 Å². The van der Waals surface area contributed by atoms with Crippen molar-refractivity contribution in [3.8, 4) is 5.75 Å². The molecule has 0 bridgehead atoms. The van der Waals surface area contributed by atoms with Gasteiger partial charge in [-0.1, -0.05) is 25.1 Å². The number of rotatable bonds is 8. The second kappa shape index (κ2) is 14.0. The van der Waals surface area contributed by atoms with Gasteiger partial charge in [-0.05, 0) is 150 Å². The van der Waals surface area contributed by atoms with Crippen molar-refractivity contribution in [3.63, 3.8) is 0 Å². The Morgan fingerprint density at radius 2 is 1.31 bits per heavy atom. The van der Waals surface area contributed by atoms with E-state index >= 15 is 0 Å². The van der Waals surface area contributed by atoms with Gasteiger partial charge < -0.3 is 9.47 Å². The Bertz CT molecular complexity index is 913. The minimum absolute atomic E-state index is 0.0533. The second-order valence-corrected chi connectivity index (χ2v) is 13.3. The van der Waals surface area contributed by atoms with Gasteiger partial charge in [0.1, 0.15) is 0 Å². The predicted octanol–water partition coefficient (Wildman–Crippen LogP) is 10.0. The normalized spacial score (nSPS) is 36.2. The molecular weight excluding hydrogens is 490 g/mol. The molecule has 4 aliphatic rings. The van der Waals surface area contributed by atoms with E-state index in [1.165, 1.54) is 64.2 Å². The lowest BCUT2D eigenvalue weighted by molar-refractivity contribution is -0.0521. The van der Waals surface area contributed by atoms with E-state index in [1.54, 1.807) is 12.1 Å². The highest BCUT2D eigenvalue weighted by Crippen LogP contribution is 2.48. The number of halogens is 2. The van der Waals surface area contributed by atoms with Crippen molar-refractivity contribution in [3.05, 3.63) is 41.5 Å². The molecule has 1 aliphatic heterocycles. The molecule has 218 valence electrons. The molecule has 1 saturated heterocycles. The van der Waals surface area contributed by atoms with E-state index in [1.807, 2.05) is 6.92 Å². The van der Waals surface area contributed by atoms with Crippen molar-refractivity contribution < 1.29 is 18.3 Å². The quantitative estimate of drug-likeness (QED) is 0.304. The molecule has 1 aromatic carbocycles. The summed E-state index contributed by atoms with van der Waals surface area (Å²) in [6, 6.07) is 3.40. The molecule has 3 aliphatic carbocycles. The number of hydrogen-bond acceptors (Lipinski definition) is 2. The van der Waals surface area contributed by atoms with Crippen LogP contribution in [0.4, 0.5) is 8.78 Å². The molecule has 0 radical (unpaired) electrons.